The molecule has 3 atom stereocenters. The van der Waals surface area contributed by atoms with Gasteiger partial charge in [-0.2, -0.15) is 4.31 Å². The molecule has 2 aliphatic heterocycles. The zero-order valence-corrected chi connectivity index (χ0v) is 18.5. The van der Waals surface area contributed by atoms with Crippen molar-refractivity contribution < 1.29 is 18.0 Å². The maximum absolute atomic E-state index is 13.2. The van der Waals surface area contributed by atoms with E-state index >= 15 is 0 Å². The molecule has 29 heavy (non-hydrogen) atoms. The van der Waals surface area contributed by atoms with Gasteiger partial charge in [0.1, 0.15) is 0 Å². The van der Waals surface area contributed by atoms with Gasteiger partial charge in [-0.05, 0) is 63.3 Å². The van der Waals surface area contributed by atoms with Crippen LogP contribution in [0.15, 0.2) is 23.1 Å². The molecule has 1 N–H and O–H groups in total. The minimum atomic E-state index is -3.69. The third-order valence-corrected chi connectivity index (χ3v) is 7.86. The molecule has 1 fully saturated rings. The number of fused-ring (bicyclic) bond motifs is 1. The second kappa shape index (κ2) is 8.44. The van der Waals surface area contributed by atoms with Crippen LogP contribution in [0.3, 0.4) is 0 Å². The summed E-state index contributed by atoms with van der Waals surface area (Å²) in [4.78, 5) is 26.3. The van der Waals surface area contributed by atoms with Gasteiger partial charge in [0.25, 0.3) is 0 Å². The molecule has 2 amide bonds. The summed E-state index contributed by atoms with van der Waals surface area (Å²) in [5.74, 6) is -0.438. The first-order valence-corrected chi connectivity index (χ1v) is 11.8. The summed E-state index contributed by atoms with van der Waals surface area (Å²) < 4.78 is 27.9. The van der Waals surface area contributed by atoms with E-state index in [1.165, 1.54) is 11.2 Å². The first kappa shape index (κ1) is 21.8. The number of hydrogen-bond donors (Lipinski definition) is 1. The molecule has 2 heterocycles. The summed E-state index contributed by atoms with van der Waals surface area (Å²) in [6, 6.07) is 5.09. The molecule has 1 aromatic rings. The highest BCUT2D eigenvalue weighted by Crippen LogP contribution is 2.35. The Hall–Kier alpha value is -1.93. The van der Waals surface area contributed by atoms with Crippen molar-refractivity contribution in [3.05, 3.63) is 23.8 Å². The van der Waals surface area contributed by atoms with Crippen molar-refractivity contribution in [3.63, 3.8) is 0 Å². The fourth-order valence-electron chi connectivity index (χ4n) is 4.23. The van der Waals surface area contributed by atoms with Crippen molar-refractivity contribution in [1.82, 2.24) is 9.62 Å². The van der Waals surface area contributed by atoms with Crippen LogP contribution < -0.4 is 10.2 Å². The number of anilines is 1. The van der Waals surface area contributed by atoms with Crippen LogP contribution in [0.1, 0.15) is 52.5 Å². The van der Waals surface area contributed by atoms with Crippen LogP contribution in [0, 0.1) is 5.92 Å². The van der Waals surface area contributed by atoms with Gasteiger partial charge in [0.15, 0.2) is 0 Å². The van der Waals surface area contributed by atoms with E-state index in [4.69, 9.17) is 0 Å². The second-order valence-corrected chi connectivity index (χ2v) is 10.2. The predicted molar refractivity (Wildman–Crippen MR) is 112 cm³/mol. The number of nitrogens with zero attached hydrogens (tertiary/aromatic N) is 2. The van der Waals surface area contributed by atoms with E-state index in [1.54, 1.807) is 23.1 Å². The highest BCUT2D eigenvalue weighted by molar-refractivity contribution is 7.89. The number of carbonyl (C=O) groups excluding carboxylic acids is 2. The van der Waals surface area contributed by atoms with Crippen molar-refractivity contribution in [1.29, 1.82) is 0 Å². The zero-order valence-electron chi connectivity index (χ0n) is 17.6. The van der Waals surface area contributed by atoms with Crippen molar-refractivity contribution >= 4 is 27.5 Å². The molecule has 1 saturated heterocycles. The highest BCUT2D eigenvalue weighted by atomic mass is 32.2. The Bertz CT molecular complexity index is 899. The van der Waals surface area contributed by atoms with Crippen molar-refractivity contribution in [2.24, 2.45) is 5.92 Å². The molecular formula is C21H31N3O4S. The molecule has 7 nitrogen and oxygen atoms in total. The summed E-state index contributed by atoms with van der Waals surface area (Å²) in [5.41, 5.74) is 1.66. The molecule has 0 unspecified atom stereocenters. The zero-order chi connectivity index (χ0) is 21.3. The van der Waals surface area contributed by atoms with Crippen LogP contribution in [0.4, 0.5) is 5.69 Å². The van der Waals surface area contributed by atoms with Gasteiger partial charge in [0.2, 0.25) is 21.8 Å². The maximum Gasteiger partial charge on any atom is 0.243 e. The number of nitrogens with one attached hydrogen (secondary N) is 1. The standard InChI is InChI=1S/C21H31N3O4S/c1-5-14(2)22-21(26)17-7-6-10-23(13-17)29(27,28)19-8-9-20-18(12-19)11-15(3)24(20)16(4)25/h8-9,12,14-15,17H,5-7,10-11,13H2,1-4H3,(H,22,26)/t14-,15-,17-/m0/s1. The fourth-order valence-corrected chi connectivity index (χ4v) is 5.81. The molecule has 0 radical (unpaired) electrons. The smallest absolute Gasteiger partial charge is 0.243 e. The lowest BCUT2D eigenvalue weighted by Crippen LogP contribution is -2.47. The molecule has 0 aliphatic carbocycles. The van der Waals surface area contributed by atoms with Crippen LogP contribution in [0.2, 0.25) is 0 Å². The quantitative estimate of drug-likeness (QED) is 0.790. The van der Waals surface area contributed by atoms with Crippen molar-refractivity contribution in [3.8, 4) is 0 Å². The number of amides is 2. The Labute approximate surface area is 173 Å². The Morgan fingerprint density at radius 3 is 2.69 bits per heavy atom. The lowest BCUT2D eigenvalue weighted by atomic mass is 9.98. The summed E-state index contributed by atoms with van der Waals surface area (Å²) >= 11 is 0. The minimum Gasteiger partial charge on any atom is -0.353 e. The lowest BCUT2D eigenvalue weighted by Gasteiger charge is -2.32. The Kier molecular flexibility index (Phi) is 6.33. The number of sulfonamides is 1. The van der Waals surface area contributed by atoms with Gasteiger partial charge in [-0.15, -0.1) is 0 Å². The van der Waals surface area contributed by atoms with Gasteiger partial charge in [0, 0.05) is 37.8 Å². The second-order valence-electron chi connectivity index (χ2n) is 8.25. The van der Waals surface area contributed by atoms with Gasteiger partial charge in [0.05, 0.1) is 10.8 Å². The Morgan fingerprint density at radius 2 is 2.03 bits per heavy atom. The van der Waals surface area contributed by atoms with Crippen LogP contribution in [0.25, 0.3) is 0 Å². The summed E-state index contributed by atoms with van der Waals surface area (Å²) in [7, 11) is -3.69. The number of hydrogen-bond acceptors (Lipinski definition) is 4. The van der Waals surface area contributed by atoms with E-state index < -0.39 is 10.0 Å². The van der Waals surface area contributed by atoms with Crippen LogP contribution in [-0.2, 0) is 26.0 Å². The highest BCUT2D eigenvalue weighted by Gasteiger charge is 2.35. The third-order valence-electron chi connectivity index (χ3n) is 6.00. The molecule has 2 aliphatic rings. The molecule has 0 saturated carbocycles. The van der Waals surface area contributed by atoms with Gasteiger partial charge in [-0.1, -0.05) is 6.92 Å². The normalized spacial score (nSPS) is 23.5. The number of carbonyl (C=O) groups is 2. The number of rotatable bonds is 5. The van der Waals surface area contributed by atoms with Crippen LogP contribution >= 0.6 is 0 Å². The first-order chi connectivity index (χ1) is 13.6. The Balaban J connectivity index is 1.80. The number of benzene rings is 1. The van der Waals surface area contributed by atoms with Gasteiger partial charge < -0.3 is 10.2 Å². The number of piperidine rings is 1. The average molecular weight is 422 g/mol. The van der Waals surface area contributed by atoms with Crippen molar-refractivity contribution in [2.75, 3.05) is 18.0 Å². The van der Waals surface area contributed by atoms with Crippen molar-refractivity contribution in [2.45, 2.75) is 70.4 Å². The van der Waals surface area contributed by atoms with Crippen LogP contribution in [0.5, 0.6) is 0 Å². The fraction of sp³-hybridized carbons (Fsp3) is 0.619. The SMILES string of the molecule is CC[C@H](C)NC(=O)[C@H]1CCCN(S(=O)(=O)c2ccc3c(c2)C[C@H](C)N3C(C)=O)C1. The maximum atomic E-state index is 13.2. The minimum absolute atomic E-state index is 0.0177. The molecule has 0 aromatic heterocycles. The van der Waals surface area contributed by atoms with E-state index in [2.05, 4.69) is 5.32 Å². The van der Waals surface area contributed by atoms with E-state index in [-0.39, 0.29) is 41.3 Å². The van der Waals surface area contributed by atoms with Gasteiger partial charge in [-0.3, -0.25) is 9.59 Å². The average Bonchev–Trinajstić information content (AvgIpc) is 3.02. The monoisotopic (exact) mass is 421 g/mol. The molecular weight excluding hydrogens is 390 g/mol. The van der Waals surface area contributed by atoms with E-state index in [9.17, 15) is 18.0 Å². The summed E-state index contributed by atoms with van der Waals surface area (Å²) in [6.45, 7) is 8.06. The Morgan fingerprint density at radius 1 is 1.31 bits per heavy atom. The lowest BCUT2D eigenvalue weighted by molar-refractivity contribution is -0.126. The van der Waals surface area contributed by atoms with Gasteiger partial charge in [-0.25, -0.2) is 8.42 Å². The summed E-state index contributed by atoms with van der Waals surface area (Å²) in [5, 5.41) is 2.97. The topological polar surface area (TPSA) is 86.8 Å². The molecule has 0 bridgehead atoms. The molecule has 160 valence electrons. The van der Waals surface area contributed by atoms with E-state index in [0.717, 1.165) is 17.7 Å². The first-order valence-electron chi connectivity index (χ1n) is 10.4. The largest absolute Gasteiger partial charge is 0.353 e. The third kappa shape index (κ3) is 4.33. The molecule has 3 rings (SSSR count). The molecule has 0 spiro atoms. The van der Waals surface area contributed by atoms with E-state index in [0.29, 0.717) is 25.8 Å². The summed E-state index contributed by atoms with van der Waals surface area (Å²) in [6.07, 6.45) is 2.84. The molecule has 1 aromatic carbocycles. The predicted octanol–water partition coefficient (Wildman–Crippen LogP) is 2.30. The van der Waals surface area contributed by atoms with Crippen LogP contribution in [-0.4, -0.2) is 49.7 Å². The van der Waals surface area contributed by atoms with Gasteiger partial charge >= 0.3 is 0 Å². The van der Waals surface area contributed by atoms with E-state index in [1.807, 2.05) is 20.8 Å². The molecule has 8 heteroatoms.